The number of hydrogen-bond acceptors (Lipinski definition) is 1. The highest BCUT2D eigenvalue weighted by molar-refractivity contribution is 9.10. The summed E-state index contributed by atoms with van der Waals surface area (Å²) >= 11 is 3.08. The smallest absolute Gasteiger partial charge is 0.143 e. The summed E-state index contributed by atoms with van der Waals surface area (Å²) in [7, 11) is 0. The number of halogens is 3. The Morgan fingerprint density at radius 3 is 2.38 bits per heavy atom. The highest BCUT2D eigenvalue weighted by Crippen LogP contribution is 2.29. The van der Waals surface area contributed by atoms with E-state index in [0.717, 1.165) is 16.7 Å². The van der Waals surface area contributed by atoms with Gasteiger partial charge in [-0.3, -0.25) is 0 Å². The molecule has 2 aromatic rings. The number of rotatable bonds is 3. The molecule has 1 atom stereocenters. The summed E-state index contributed by atoms with van der Waals surface area (Å²) in [4.78, 5) is 0. The van der Waals surface area contributed by atoms with E-state index < -0.39 is 17.2 Å². The first-order valence-electron chi connectivity index (χ1n) is 6.71. The van der Waals surface area contributed by atoms with Crippen LogP contribution in [0.5, 0.6) is 0 Å². The van der Waals surface area contributed by atoms with Gasteiger partial charge in [0.05, 0.1) is 4.47 Å². The van der Waals surface area contributed by atoms with Crippen molar-refractivity contribution >= 4 is 15.9 Å². The van der Waals surface area contributed by atoms with Crippen LogP contribution in [0.15, 0.2) is 34.8 Å². The van der Waals surface area contributed by atoms with Crippen molar-refractivity contribution in [3.63, 3.8) is 0 Å². The fourth-order valence-corrected chi connectivity index (χ4v) is 2.67. The zero-order valence-corrected chi connectivity index (χ0v) is 13.9. The highest BCUT2D eigenvalue weighted by Gasteiger charge is 2.26. The van der Waals surface area contributed by atoms with E-state index in [0.29, 0.717) is 0 Å². The molecule has 0 aliphatic heterocycles. The molecule has 0 bridgehead atoms. The van der Waals surface area contributed by atoms with Crippen LogP contribution in [0, 0.1) is 25.5 Å². The molecule has 1 nitrogen and oxygen atoms in total. The monoisotopic (exact) mass is 353 g/mol. The van der Waals surface area contributed by atoms with E-state index in [9.17, 15) is 8.78 Å². The summed E-state index contributed by atoms with van der Waals surface area (Å²) in [5, 5.41) is 0. The lowest BCUT2D eigenvalue weighted by atomic mass is 9.85. The van der Waals surface area contributed by atoms with Gasteiger partial charge in [0.15, 0.2) is 0 Å². The van der Waals surface area contributed by atoms with Crippen LogP contribution in [0.1, 0.15) is 29.2 Å². The third kappa shape index (κ3) is 3.33. The van der Waals surface area contributed by atoms with Crippen molar-refractivity contribution in [2.24, 2.45) is 5.73 Å². The second-order valence-corrected chi connectivity index (χ2v) is 6.57. The zero-order valence-electron chi connectivity index (χ0n) is 12.3. The fourth-order valence-electron chi connectivity index (χ4n) is 2.30. The predicted octanol–water partition coefficient (Wildman–Crippen LogP) is 4.76. The topological polar surface area (TPSA) is 26.0 Å². The molecule has 0 radical (unpaired) electrons. The predicted molar refractivity (Wildman–Crippen MR) is 85.2 cm³/mol. The van der Waals surface area contributed by atoms with Crippen molar-refractivity contribution in [2.45, 2.75) is 32.7 Å². The minimum Gasteiger partial charge on any atom is -0.321 e. The molecule has 0 aromatic heterocycles. The molecule has 112 valence electrons. The maximum atomic E-state index is 14.1. The van der Waals surface area contributed by atoms with E-state index in [2.05, 4.69) is 15.9 Å². The largest absolute Gasteiger partial charge is 0.321 e. The lowest BCUT2D eigenvalue weighted by molar-refractivity contribution is 0.453. The van der Waals surface area contributed by atoms with Crippen LogP contribution in [-0.4, -0.2) is 0 Å². The van der Waals surface area contributed by atoms with Gasteiger partial charge in [-0.1, -0.05) is 18.2 Å². The van der Waals surface area contributed by atoms with Gasteiger partial charge in [-0.05, 0) is 65.5 Å². The summed E-state index contributed by atoms with van der Waals surface area (Å²) in [6, 6.07) is 8.47. The minimum atomic E-state index is -0.846. The van der Waals surface area contributed by atoms with Gasteiger partial charge in [0.25, 0.3) is 0 Å². The van der Waals surface area contributed by atoms with Crippen molar-refractivity contribution in [3.8, 4) is 0 Å². The standard InChI is InChI=1S/C17H18BrF2N/c1-10-4-5-12(8-11(10)2)17(3,21)9-13-15(19)7-6-14(18)16(13)20/h4-8H,9,21H2,1-3H3. The van der Waals surface area contributed by atoms with Crippen molar-refractivity contribution in [1.82, 2.24) is 0 Å². The van der Waals surface area contributed by atoms with Gasteiger partial charge in [0.2, 0.25) is 0 Å². The highest BCUT2D eigenvalue weighted by atomic mass is 79.9. The van der Waals surface area contributed by atoms with Crippen LogP contribution in [0.3, 0.4) is 0 Å². The Balaban J connectivity index is 2.41. The number of aryl methyl sites for hydroxylation is 2. The lowest BCUT2D eigenvalue weighted by Gasteiger charge is -2.27. The molecule has 0 amide bonds. The summed E-state index contributed by atoms with van der Waals surface area (Å²) in [6.45, 7) is 5.80. The Morgan fingerprint density at radius 1 is 1.10 bits per heavy atom. The Bertz CT molecular complexity index is 681. The zero-order chi connectivity index (χ0) is 15.8. The molecule has 0 heterocycles. The average molecular weight is 354 g/mol. The second-order valence-electron chi connectivity index (χ2n) is 5.72. The molecule has 2 rings (SSSR count). The SMILES string of the molecule is Cc1ccc(C(C)(N)Cc2c(F)ccc(Br)c2F)cc1C. The van der Waals surface area contributed by atoms with E-state index in [1.165, 1.54) is 12.1 Å². The molecule has 1 unspecified atom stereocenters. The summed E-state index contributed by atoms with van der Waals surface area (Å²) in [5.41, 5.74) is 8.63. The van der Waals surface area contributed by atoms with Crippen molar-refractivity contribution in [3.05, 3.63) is 68.7 Å². The molecule has 0 spiro atoms. The number of hydrogen-bond donors (Lipinski definition) is 1. The Kier molecular flexibility index (Phi) is 4.49. The van der Waals surface area contributed by atoms with Crippen LogP contribution in [0.2, 0.25) is 0 Å². The molecule has 0 aliphatic rings. The van der Waals surface area contributed by atoms with Gasteiger partial charge < -0.3 is 5.73 Å². The van der Waals surface area contributed by atoms with Crippen LogP contribution < -0.4 is 5.73 Å². The summed E-state index contributed by atoms with van der Waals surface area (Å²) < 4.78 is 28.3. The van der Waals surface area contributed by atoms with Crippen molar-refractivity contribution in [2.75, 3.05) is 0 Å². The maximum Gasteiger partial charge on any atom is 0.143 e. The fraction of sp³-hybridized carbons (Fsp3) is 0.294. The van der Waals surface area contributed by atoms with E-state index in [4.69, 9.17) is 5.73 Å². The Morgan fingerprint density at radius 2 is 1.76 bits per heavy atom. The van der Waals surface area contributed by atoms with Gasteiger partial charge in [-0.25, -0.2) is 8.78 Å². The van der Waals surface area contributed by atoms with Crippen molar-refractivity contribution in [1.29, 1.82) is 0 Å². The van der Waals surface area contributed by atoms with E-state index in [-0.39, 0.29) is 16.5 Å². The molecule has 0 fully saturated rings. The van der Waals surface area contributed by atoms with E-state index in [1.807, 2.05) is 32.0 Å². The number of benzene rings is 2. The van der Waals surface area contributed by atoms with Crippen LogP contribution in [-0.2, 0) is 12.0 Å². The third-order valence-electron chi connectivity index (χ3n) is 3.85. The van der Waals surface area contributed by atoms with Crippen molar-refractivity contribution < 1.29 is 8.78 Å². The van der Waals surface area contributed by atoms with Crippen LogP contribution in [0.4, 0.5) is 8.78 Å². The van der Waals surface area contributed by atoms with Gasteiger partial charge >= 0.3 is 0 Å². The van der Waals surface area contributed by atoms with E-state index in [1.54, 1.807) is 6.92 Å². The number of nitrogens with two attached hydrogens (primary N) is 1. The molecule has 2 N–H and O–H groups in total. The molecular weight excluding hydrogens is 336 g/mol. The molecule has 0 saturated heterocycles. The first-order valence-corrected chi connectivity index (χ1v) is 7.50. The van der Waals surface area contributed by atoms with Crippen LogP contribution >= 0.6 is 15.9 Å². The second kappa shape index (κ2) is 5.85. The minimum absolute atomic E-state index is 0.00704. The molecule has 0 saturated carbocycles. The summed E-state index contributed by atoms with van der Waals surface area (Å²) in [6.07, 6.45) is 0.0899. The first-order chi connectivity index (χ1) is 9.72. The maximum absolute atomic E-state index is 14.1. The third-order valence-corrected chi connectivity index (χ3v) is 4.46. The average Bonchev–Trinajstić information content (AvgIpc) is 2.42. The molecule has 2 aromatic carbocycles. The molecule has 0 aliphatic carbocycles. The van der Waals surface area contributed by atoms with Crippen LogP contribution in [0.25, 0.3) is 0 Å². The quantitative estimate of drug-likeness (QED) is 0.790. The normalized spacial score (nSPS) is 14.0. The lowest BCUT2D eigenvalue weighted by Crippen LogP contribution is -2.36. The van der Waals surface area contributed by atoms with E-state index >= 15 is 0 Å². The Labute approximate surface area is 132 Å². The van der Waals surface area contributed by atoms with Gasteiger partial charge in [-0.15, -0.1) is 0 Å². The van der Waals surface area contributed by atoms with Gasteiger partial charge in [0.1, 0.15) is 11.6 Å². The molecular formula is C17H18BrF2N. The molecule has 21 heavy (non-hydrogen) atoms. The van der Waals surface area contributed by atoms with Gasteiger partial charge in [0, 0.05) is 17.5 Å². The molecule has 4 heteroatoms. The van der Waals surface area contributed by atoms with Gasteiger partial charge in [-0.2, -0.15) is 0 Å². The first kappa shape index (κ1) is 16.1. The summed E-state index contributed by atoms with van der Waals surface area (Å²) in [5.74, 6) is -1.16. The Hall–Kier alpha value is -1.26.